The summed E-state index contributed by atoms with van der Waals surface area (Å²) < 4.78 is 24.4. The van der Waals surface area contributed by atoms with Gasteiger partial charge in [0.2, 0.25) is 6.79 Å². The highest BCUT2D eigenvalue weighted by Gasteiger charge is 2.34. The van der Waals surface area contributed by atoms with E-state index in [1.807, 2.05) is 54.6 Å². The van der Waals surface area contributed by atoms with Gasteiger partial charge in [-0.1, -0.05) is 59.3 Å². The quantitative estimate of drug-likeness (QED) is 0.289. The van der Waals surface area contributed by atoms with Crippen LogP contribution in [0.4, 0.5) is 0 Å². The molecular formula is C31H25ClN2O6S. The van der Waals surface area contributed by atoms with Gasteiger partial charge in [0.15, 0.2) is 16.3 Å². The van der Waals surface area contributed by atoms with Crippen molar-refractivity contribution >= 4 is 35.0 Å². The van der Waals surface area contributed by atoms with Crippen LogP contribution in [0.2, 0.25) is 5.02 Å². The molecule has 0 N–H and O–H groups in total. The lowest BCUT2D eigenvalue weighted by Crippen LogP contribution is -2.39. The average Bonchev–Trinajstić information content (AvgIpc) is 3.55. The van der Waals surface area contributed by atoms with Crippen molar-refractivity contribution in [2.45, 2.75) is 26.5 Å². The molecule has 10 heteroatoms. The molecule has 4 aromatic rings. The highest BCUT2D eigenvalue weighted by atomic mass is 35.5. The van der Waals surface area contributed by atoms with Crippen LogP contribution in [0.25, 0.3) is 6.08 Å². The number of esters is 1. The number of allylic oxidation sites excluding steroid dienone is 1. The number of carbonyl (C=O) groups excluding carboxylic acids is 1. The Kier molecular flexibility index (Phi) is 7.38. The minimum atomic E-state index is -0.743. The van der Waals surface area contributed by atoms with Crippen molar-refractivity contribution in [1.29, 1.82) is 0 Å². The number of hydrogen-bond acceptors (Lipinski definition) is 8. The molecular weight excluding hydrogens is 564 g/mol. The summed E-state index contributed by atoms with van der Waals surface area (Å²) >= 11 is 7.52. The van der Waals surface area contributed by atoms with E-state index in [2.05, 4.69) is 4.99 Å². The predicted octanol–water partition coefficient (Wildman–Crippen LogP) is 4.76. The topological polar surface area (TPSA) is 88.4 Å². The van der Waals surface area contributed by atoms with Gasteiger partial charge >= 0.3 is 5.97 Å². The van der Waals surface area contributed by atoms with Crippen LogP contribution >= 0.6 is 22.9 Å². The molecule has 6 rings (SSSR count). The van der Waals surface area contributed by atoms with Gasteiger partial charge in [0, 0.05) is 10.6 Å². The van der Waals surface area contributed by atoms with Crippen molar-refractivity contribution < 1.29 is 23.7 Å². The van der Waals surface area contributed by atoms with Crippen LogP contribution in [0.5, 0.6) is 17.2 Å². The molecule has 208 valence electrons. The van der Waals surface area contributed by atoms with Crippen LogP contribution in [-0.2, 0) is 16.1 Å². The molecule has 0 amide bonds. The third kappa shape index (κ3) is 5.26. The molecule has 8 nitrogen and oxygen atoms in total. The smallest absolute Gasteiger partial charge is 0.338 e. The Morgan fingerprint density at radius 3 is 2.78 bits per heavy atom. The van der Waals surface area contributed by atoms with Crippen molar-refractivity contribution in [3.63, 3.8) is 0 Å². The SMILES string of the molecule is CCOC(=O)C1=C(C)N=c2s/c(=C\c3cccc(OCc4ccccc4Cl)c3)c(=O)n2C1c1ccc2c(c1)OCO2. The van der Waals surface area contributed by atoms with E-state index in [0.29, 0.717) is 55.0 Å². The molecule has 1 aromatic heterocycles. The van der Waals surface area contributed by atoms with Crippen LogP contribution in [0.3, 0.4) is 0 Å². The highest BCUT2D eigenvalue weighted by molar-refractivity contribution is 7.07. The molecule has 0 saturated heterocycles. The molecule has 0 aliphatic carbocycles. The van der Waals surface area contributed by atoms with Crippen LogP contribution in [0, 0.1) is 0 Å². The maximum atomic E-state index is 13.9. The third-order valence-electron chi connectivity index (χ3n) is 6.74. The maximum absolute atomic E-state index is 13.9. The number of nitrogens with zero attached hydrogens (tertiary/aromatic N) is 2. The number of aromatic nitrogens is 1. The van der Waals surface area contributed by atoms with E-state index in [0.717, 1.165) is 11.1 Å². The van der Waals surface area contributed by atoms with Gasteiger partial charge in [-0.25, -0.2) is 9.79 Å². The fraction of sp³-hybridized carbons (Fsp3) is 0.194. The lowest BCUT2D eigenvalue weighted by molar-refractivity contribution is -0.139. The first kappa shape index (κ1) is 26.9. The van der Waals surface area contributed by atoms with Crippen molar-refractivity contribution in [3.05, 3.63) is 119 Å². The number of fused-ring (bicyclic) bond motifs is 2. The summed E-state index contributed by atoms with van der Waals surface area (Å²) in [6.07, 6.45) is 1.80. The molecule has 3 aromatic carbocycles. The Hall–Kier alpha value is -4.34. The van der Waals surface area contributed by atoms with E-state index < -0.39 is 12.0 Å². The van der Waals surface area contributed by atoms with Crippen molar-refractivity contribution in [3.8, 4) is 17.2 Å². The second kappa shape index (κ2) is 11.3. The molecule has 0 spiro atoms. The Labute approximate surface area is 244 Å². The molecule has 41 heavy (non-hydrogen) atoms. The van der Waals surface area contributed by atoms with Gasteiger partial charge in [-0.2, -0.15) is 0 Å². The van der Waals surface area contributed by atoms with Gasteiger partial charge < -0.3 is 18.9 Å². The van der Waals surface area contributed by atoms with Gasteiger partial charge in [0.05, 0.1) is 28.5 Å². The minimum absolute atomic E-state index is 0.113. The molecule has 0 radical (unpaired) electrons. The first-order valence-corrected chi connectivity index (χ1v) is 14.2. The second-order valence-corrected chi connectivity index (χ2v) is 10.8. The molecule has 2 aliphatic heterocycles. The first-order chi connectivity index (χ1) is 19.9. The summed E-state index contributed by atoms with van der Waals surface area (Å²) in [5, 5.41) is 0.638. The minimum Gasteiger partial charge on any atom is -0.489 e. The number of carbonyl (C=O) groups is 1. The number of hydrogen-bond donors (Lipinski definition) is 0. The standard InChI is InChI=1S/C31H25ClN2O6S/c1-3-37-30(36)27-18(2)33-31-34(28(27)20-11-12-24-25(15-20)40-17-39-24)29(35)26(41-31)14-19-7-6-9-22(13-19)38-16-21-8-4-5-10-23(21)32/h4-15,28H,3,16-17H2,1-2H3/b26-14-. The third-order valence-corrected chi connectivity index (χ3v) is 8.09. The molecule has 0 saturated carbocycles. The Balaban J connectivity index is 1.40. The van der Waals surface area contributed by atoms with Gasteiger partial charge in [-0.05, 0) is 61.4 Å². The molecule has 1 unspecified atom stereocenters. The fourth-order valence-electron chi connectivity index (χ4n) is 4.81. The number of rotatable bonds is 7. The Morgan fingerprint density at radius 1 is 1.12 bits per heavy atom. The molecule has 0 bridgehead atoms. The fourth-order valence-corrected chi connectivity index (χ4v) is 6.05. The normalized spacial score (nSPS) is 15.9. The van der Waals surface area contributed by atoms with E-state index in [1.54, 1.807) is 36.6 Å². The average molecular weight is 589 g/mol. The lowest BCUT2D eigenvalue weighted by Gasteiger charge is -2.24. The summed E-state index contributed by atoms with van der Waals surface area (Å²) in [5.41, 5.74) is 2.88. The molecule has 1 atom stereocenters. The van der Waals surface area contributed by atoms with Gasteiger partial charge in [-0.3, -0.25) is 9.36 Å². The maximum Gasteiger partial charge on any atom is 0.338 e. The zero-order chi connectivity index (χ0) is 28.5. The zero-order valence-corrected chi connectivity index (χ0v) is 23.8. The Bertz CT molecular complexity index is 1880. The molecule has 0 fully saturated rings. The van der Waals surface area contributed by atoms with E-state index in [4.69, 9.17) is 30.5 Å². The lowest BCUT2D eigenvalue weighted by atomic mass is 9.95. The summed E-state index contributed by atoms with van der Waals surface area (Å²) in [4.78, 5) is 32.2. The van der Waals surface area contributed by atoms with Gasteiger partial charge in [0.1, 0.15) is 12.4 Å². The van der Waals surface area contributed by atoms with E-state index in [-0.39, 0.29) is 19.0 Å². The summed E-state index contributed by atoms with van der Waals surface area (Å²) in [7, 11) is 0. The number of thiazole rings is 1. The Morgan fingerprint density at radius 2 is 1.95 bits per heavy atom. The zero-order valence-electron chi connectivity index (χ0n) is 22.3. The number of halogens is 1. The van der Waals surface area contributed by atoms with Crippen molar-refractivity contribution in [1.82, 2.24) is 4.57 Å². The van der Waals surface area contributed by atoms with Crippen LogP contribution in [0.1, 0.15) is 36.6 Å². The number of ether oxygens (including phenoxy) is 4. The largest absolute Gasteiger partial charge is 0.489 e. The first-order valence-electron chi connectivity index (χ1n) is 13.0. The van der Waals surface area contributed by atoms with E-state index in [1.165, 1.54) is 11.3 Å². The van der Waals surface area contributed by atoms with Crippen LogP contribution in [-0.4, -0.2) is 23.9 Å². The summed E-state index contributed by atoms with van der Waals surface area (Å²) in [5.74, 6) is 1.28. The number of benzene rings is 3. The second-order valence-electron chi connectivity index (χ2n) is 9.37. The predicted molar refractivity (Wildman–Crippen MR) is 155 cm³/mol. The highest BCUT2D eigenvalue weighted by Crippen LogP contribution is 2.38. The van der Waals surface area contributed by atoms with Crippen molar-refractivity contribution in [2.75, 3.05) is 13.4 Å². The summed E-state index contributed by atoms with van der Waals surface area (Å²) in [6.45, 7) is 4.12. The van der Waals surface area contributed by atoms with Gasteiger partial charge in [-0.15, -0.1) is 0 Å². The van der Waals surface area contributed by atoms with E-state index >= 15 is 0 Å². The van der Waals surface area contributed by atoms with Crippen LogP contribution in [0.15, 0.2) is 87.8 Å². The van der Waals surface area contributed by atoms with Crippen LogP contribution < -0.4 is 29.1 Å². The summed E-state index contributed by atoms with van der Waals surface area (Å²) in [6, 6.07) is 19.6. The molecule has 2 aliphatic rings. The monoisotopic (exact) mass is 588 g/mol. The van der Waals surface area contributed by atoms with E-state index in [9.17, 15) is 9.59 Å². The molecule has 3 heterocycles. The van der Waals surface area contributed by atoms with Gasteiger partial charge in [0.25, 0.3) is 5.56 Å². The van der Waals surface area contributed by atoms with Crippen molar-refractivity contribution in [2.24, 2.45) is 4.99 Å².